The highest BCUT2D eigenvalue weighted by Gasteiger charge is 2.01. The molecular formula is C13H15N. The third-order valence-electron chi connectivity index (χ3n) is 2.00. The molecule has 0 atom stereocenters. The molecule has 0 aromatic heterocycles. The molecule has 0 aliphatic carbocycles. The molecule has 1 aromatic carbocycles. The number of nitrogens with one attached hydrogen (secondary N) is 1. The van der Waals surface area contributed by atoms with Gasteiger partial charge in [0.05, 0.1) is 0 Å². The summed E-state index contributed by atoms with van der Waals surface area (Å²) in [5.74, 6) is 0. The van der Waals surface area contributed by atoms with E-state index in [9.17, 15) is 0 Å². The van der Waals surface area contributed by atoms with Crippen molar-refractivity contribution in [2.75, 3.05) is 7.05 Å². The fourth-order valence-electron chi connectivity index (χ4n) is 1.25. The predicted molar refractivity (Wildman–Crippen MR) is 62.8 cm³/mol. The molecule has 1 N–H and O–H groups in total. The summed E-state index contributed by atoms with van der Waals surface area (Å²) in [5, 5.41) is 3.09. The minimum atomic E-state index is 0.980. The SMILES string of the molecule is C=C/C=C(/NC)C(=C)c1ccccc1. The van der Waals surface area contributed by atoms with Gasteiger partial charge in [-0.25, -0.2) is 0 Å². The number of rotatable bonds is 4. The van der Waals surface area contributed by atoms with Crippen LogP contribution in [0.1, 0.15) is 5.56 Å². The Hall–Kier alpha value is -1.76. The molecule has 0 aliphatic rings. The standard InChI is InChI=1S/C13H15N/c1-4-8-13(14-3)11(2)12-9-6-5-7-10-12/h4-10,14H,1-2H2,3H3/b13-8+. The van der Waals surface area contributed by atoms with Crippen LogP contribution >= 0.6 is 0 Å². The van der Waals surface area contributed by atoms with E-state index in [1.807, 2.05) is 43.5 Å². The molecule has 72 valence electrons. The molecule has 0 fully saturated rings. The third kappa shape index (κ3) is 2.36. The summed E-state index contributed by atoms with van der Waals surface area (Å²) in [6.45, 7) is 7.70. The molecule has 0 unspecified atom stereocenters. The molecule has 0 saturated heterocycles. The second-order valence-corrected chi connectivity index (χ2v) is 2.91. The van der Waals surface area contributed by atoms with E-state index in [1.165, 1.54) is 0 Å². The maximum absolute atomic E-state index is 4.04. The van der Waals surface area contributed by atoms with Crippen LogP contribution in [0.5, 0.6) is 0 Å². The smallest absolute Gasteiger partial charge is 0.0411 e. The summed E-state index contributed by atoms with van der Waals surface area (Å²) < 4.78 is 0. The van der Waals surface area contributed by atoms with Crippen LogP contribution in [0.15, 0.2) is 61.3 Å². The molecule has 1 aromatic rings. The Morgan fingerprint density at radius 1 is 1.29 bits per heavy atom. The van der Waals surface area contributed by atoms with Gasteiger partial charge in [0.25, 0.3) is 0 Å². The van der Waals surface area contributed by atoms with E-state index in [1.54, 1.807) is 6.08 Å². The molecule has 0 spiro atoms. The lowest BCUT2D eigenvalue weighted by molar-refractivity contribution is 1.04. The molecule has 1 nitrogen and oxygen atoms in total. The average molecular weight is 185 g/mol. The van der Waals surface area contributed by atoms with Crippen molar-refractivity contribution in [2.24, 2.45) is 0 Å². The van der Waals surface area contributed by atoms with Crippen molar-refractivity contribution in [1.29, 1.82) is 0 Å². The maximum Gasteiger partial charge on any atom is 0.0411 e. The van der Waals surface area contributed by atoms with Crippen molar-refractivity contribution in [3.8, 4) is 0 Å². The Labute approximate surface area is 85.5 Å². The summed E-state index contributed by atoms with van der Waals surface area (Å²) in [7, 11) is 1.88. The molecular weight excluding hydrogens is 170 g/mol. The third-order valence-corrected chi connectivity index (χ3v) is 2.00. The molecule has 0 radical (unpaired) electrons. The maximum atomic E-state index is 4.04. The van der Waals surface area contributed by atoms with Crippen molar-refractivity contribution in [3.63, 3.8) is 0 Å². The van der Waals surface area contributed by atoms with Gasteiger partial charge in [-0.1, -0.05) is 49.6 Å². The molecule has 0 saturated carbocycles. The van der Waals surface area contributed by atoms with E-state index in [0.717, 1.165) is 16.8 Å². The van der Waals surface area contributed by atoms with Crippen LogP contribution in [0.25, 0.3) is 5.57 Å². The van der Waals surface area contributed by atoms with Gasteiger partial charge < -0.3 is 5.32 Å². The predicted octanol–water partition coefficient (Wildman–Crippen LogP) is 2.99. The number of allylic oxidation sites excluding steroid dienone is 3. The highest BCUT2D eigenvalue weighted by molar-refractivity contribution is 5.76. The summed E-state index contributed by atoms with van der Waals surface area (Å²) >= 11 is 0. The first-order valence-electron chi connectivity index (χ1n) is 4.54. The van der Waals surface area contributed by atoms with Crippen LogP contribution in [0, 0.1) is 0 Å². The molecule has 14 heavy (non-hydrogen) atoms. The van der Waals surface area contributed by atoms with E-state index < -0.39 is 0 Å². The Balaban J connectivity index is 2.95. The lowest BCUT2D eigenvalue weighted by Crippen LogP contribution is -2.06. The number of hydrogen-bond donors (Lipinski definition) is 1. The van der Waals surface area contributed by atoms with E-state index in [2.05, 4.69) is 18.5 Å². The molecule has 1 rings (SSSR count). The molecule has 0 amide bonds. The zero-order valence-corrected chi connectivity index (χ0v) is 8.46. The fraction of sp³-hybridized carbons (Fsp3) is 0.0769. The van der Waals surface area contributed by atoms with Gasteiger partial charge in [0.1, 0.15) is 0 Å². The summed E-state index contributed by atoms with van der Waals surface area (Å²) in [4.78, 5) is 0. The van der Waals surface area contributed by atoms with Gasteiger partial charge in [-0.15, -0.1) is 0 Å². The van der Waals surface area contributed by atoms with Crippen LogP contribution in [-0.2, 0) is 0 Å². The van der Waals surface area contributed by atoms with Crippen molar-refractivity contribution in [1.82, 2.24) is 5.32 Å². The lowest BCUT2D eigenvalue weighted by Gasteiger charge is -2.09. The van der Waals surface area contributed by atoms with Gasteiger partial charge in [0, 0.05) is 12.7 Å². The quantitative estimate of drug-likeness (QED) is 0.711. The van der Waals surface area contributed by atoms with Gasteiger partial charge in [-0.05, 0) is 17.2 Å². The number of hydrogen-bond acceptors (Lipinski definition) is 1. The minimum absolute atomic E-state index is 0.980. The summed E-state index contributed by atoms with van der Waals surface area (Å²) in [6.07, 6.45) is 3.66. The zero-order chi connectivity index (χ0) is 10.4. The second-order valence-electron chi connectivity index (χ2n) is 2.91. The summed E-state index contributed by atoms with van der Waals surface area (Å²) in [5.41, 5.74) is 3.09. The van der Waals surface area contributed by atoms with Crippen molar-refractivity contribution < 1.29 is 0 Å². The van der Waals surface area contributed by atoms with Crippen molar-refractivity contribution in [2.45, 2.75) is 0 Å². The van der Waals surface area contributed by atoms with Gasteiger partial charge in [0.2, 0.25) is 0 Å². The number of likely N-dealkylation sites (N-methyl/N-ethyl adjacent to an activating group) is 1. The largest absolute Gasteiger partial charge is 0.388 e. The highest BCUT2D eigenvalue weighted by atomic mass is 14.8. The van der Waals surface area contributed by atoms with Gasteiger partial charge in [-0.3, -0.25) is 0 Å². The Bertz CT molecular complexity index is 347. The topological polar surface area (TPSA) is 12.0 Å². The normalized spacial score (nSPS) is 10.8. The van der Waals surface area contributed by atoms with Gasteiger partial charge in [-0.2, -0.15) is 0 Å². The van der Waals surface area contributed by atoms with Crippen LogP contribution in [0.4, 0.5) is 0 Å². The van der Waals surface area contributed by atoms with Gasteiger partial charge in [0.15, 0.2) is 0 Å². The first-order chi connectivity index (χ1) is 6.79. The zero-order valence-electron chi connectivity index (χ0n) is 8.46. The van der Waals surface area contributed by atoms with Crippen LogP contribution in [0.3, 0.4) is 0 Å². The van der Waals surface area contributed by atoms with Crippen LogP contribution in [-0.4, -0.2) is 7.05 Å². The van der Waals surface area contributed by atoms with E-state index >= 15 is 0 Å². The molecule has 0 heterocycles. The Morgan fingerprint density at radius 3 is 2.43 bits per heavy atom. The molecule has 0 bridgehead atoms. The average Bonchev–Trinajstić information content (AvgIpc) is 2.26. The first-order valence-corrected chi connectivity index (χ1v) is 4.54. The Kier molecular flexibility index (Phi) is 3.74. The molecule has 1 heteroatoms. The van der Waals surface area contributed by atoms with Crippen LogP contribution < -0.4 is 5.32 Å². The lowest BCUT2D eigenvalue weighted by atomic mass is 10.0. The van der Waals surface area contributed by atoms with Crippen LogP contribution in [0.2, 0.25) is 0 Å². The monoisotopic (exact) mass is 185 g/mol. The van der Waals surface area contributed by atoms with Gasteiger partial charge >= 0.3 is 0 Å². The summed E-state index contributed by atoms with van der Waals surface area (Å²) in [6, 6.07) is 10.1. The van der Waals surface area contributed by atoms with Crippen molar-refractivity contribution >= 4 is 5.57 Å². The highest BCUT2D eigenvalue weighted by Crippen LogP contribution is 2.18. The Morgan fingerprint density at radius 2 is 1.93 bits per heavy atom. The second kappa shape index (κ2) is 5.07. The number of benzene rings is 1. The van der Waals surface area contributed by atoms with E-state index in [0.29, 0.717) is 0 Å². The molecule has 0 aliphatic heterocycles. The first kappa shape index (κ1) is 10.3. The fourth-order valence-corrected chi connectivity index (χ4v) is 1.25. The van der Waals surface area contributed by atoms with E-state index in [-0.39, 0.29) is 0 Å². The van der Waals surface area contributed by atoms with E-state index in [4.69, 9.17) is 0 Å². The van der Waals surface area contributed by atoms with Crippen molar-refractivity contribution in [3.05, 3.63) is 66.9 Å². The minimum Gasteiger partial charge on any atom is -0.388 e.